The summed E-state index contributed by atoms with van der Waals surface area (Å²) in [6.07, 6.45) is 6.75. The molecule has 4 nitrogen and oxygen atoms in total. The van der Waals surface area contributed by atoms with Gasteiger partial charge in [0.2, 0.25) is 0 Å². The minimum atomic E-state index is -0.191. The summed E-state index contributed by atoms with van der Waals surface area (Å²) in [4.78, 5) is 14.7. The molecule has 0 aromatic heterocycles. The van der Waals surface area contributed by atoms with Crippen molar-refractivity contribution in [2.45, 2.75) is 18.9 Å². The molecule has 1 saturated heterocycles. The maximum Gasteiger partial charge on any atom is 0.185 e. The molecule has 0 radical (unpaired) electrons. The van der Waals surface area contributed by atoms with E-state index in [4.69, 9.17) is 16.3 Å². The average Bonchev–Trinajstić information content (AvgIpc) is 2.72. The molecule has 4 rings (SSSR count). The maximum atomic E-state index is 12.5. The van der Waals surface area contributed by atoms with E-state index in [1.165, 1.54) is 0 Å². The van der Waals surface area contributed by atoms with Gasteiger partial charge in [0.25, 0.3) is 0 Å². The first-order valence-corrected chi connectivity index (χ1v) is 9.85. The topological polar surface area (TPSA) is 49.8 Å². The fourth-order valence-electron chi connectivity index (χ4n) is 3.50. The highest BCUT2D eigenvalue weighted by Crippen LogP contribution is 2.29. The van der Waals surface area contributed by atoms with E-state index in [0.29, 0.717) is 17.2 Å². The number of carbonyl (C=O) groups excluding carboxylic acids is 1. The summed E-state index contributed by atoms with van der Waals surface area (Å²) in [5, 5.41) is 10.3. The van der Waals surface area contributed by atoms with Crippen molar-refractivity contribution in [2.24, 2.45) is 0 Å². The number of rotatable bonds is 4. The Bertz CT molecular complexity index is 925. The zero-order chi connectivity index (χ0) is 19.5. The van der Waals surface area contributed by atoms with Crippen molar-refractivity contribution in [3.8, 4) is 5.75 Å². The molecule has 0 amide bonds. The number of ketones is 1. The lowest BCUT2D eigenvalue weighted by atomic mass is 10.0. The first-order chi connectivity index (χ1) is 13.6. The second-order valence-electron chi connectivity index (χ2n) is 7.15. The van der Waals surface area contributed by atoms with E-state index in [2.05, 4.69) is 4.90 Å². The predicted molar refractivity (Wildman–Crippen MR) is 112 cm³/mol. The van der Waals surface area contributed by atoms with Gasteiger partial charge in [-0.2, -0.15) is 0 Å². The first kappa shape index (κ1) is 18.8. The summed E-state index contributed by atoms with van der Waals surface area (Å²) in [5.41, 5.74) is 3.58. The Morgan fingerprint density at radius 1 is 1.14 bits per heavy atom. The first-order valence-electron chi connectivity index (χ1n) is 9.47. The van der Waals surface area contributed by atoms with E-state index < -0.39 is 0 Å². The van der Waals surface area contributed by atoms with Gasteiger partial charge in [-0.1, -0.05) is 17.7 Å². The van der Waals surface area contributed by atoms with Crippen LogP contribution >= 0.6 is 11.6 Å². The molecule has 0 bridgehead atoms. The number of hydrogen-bond acceptors (Lipinski definition) is 4. The van der Waals surface area contributed by atoms with Crippen LogP contribution in [0.15, 0.2) is 60.2 Å². The quantitative estimate of drug-likeness (QED) is 0.611. The summed E-state index contributed by atoms with van der Waals surface area (Å²) >= 11 is 6.04. The zero-order valence-corrected chi connectivity index (χ0v) is 16.2. The van der Waals surface area contributed by atoms with E-state index in [1.54, 1.807) is 18.2 Å². The molecule has 2 aromatic rings. The molecule has 0 saturated carbocycles. The number of anilines is 1. The molecule has 5 heteroatoms. The van der Waals surface area contributed by atoms with Crippen LogP contribution in [0.2, 0.25) is 5.02 Å². The lowest BCUT2D eigenvalue weighted by Crippen LogP contribution is -2.35. The number of benzene rings is 2. The molecule has 2 aliphatic rings. The fourth-order valence-corrected chi connectivity index (χ4v) is 3.68. The van der Waals surface area contributed by atoms with Gasteiger partial charge in [0.15, 0.2) is 5.78 Å². The minimum Gasteiger partial charge on any atom is -0.488 e. The number of allylic oxidation sites excluding steroid dienone is 1. The van der Waals surface area contributed by atoms with Gasteiger partial charge in [-0.05, 0) is 73.0 Å². The zero-order valence-electron chi connectivity index (χ0n) is 15.5. The number of halogens is 1. The van der Waals surface area contributed by atoms with Crippen LogP contribution in [0.25, 0.3) is 6.08 Å². The molecular formula is C23H22ClNO3. The number of piperidine rings is 1. The highest BCUT2D eigenvalue weighted by molar-refractivity contribution is 6.30. The third-order valence-corrected chi connectivity index (χ3v) is 5.37. The molecule has 2 heterocycles. The Labute approximate surface area is 169 Å². The number of hydrogen-bond donors (Lipinski definition) is 1. The fraction of sp³-hybridized carbons (Fsp3) is 0.261. The Morgan fingerprint density at radius 2 is 1.89 bits per heavy atom. The molecule has 144 valence electrons. The van der Waals surface area contributed by atoms with Crippen LogP contribution in [-0.2, 0) is 0 Å². The van der Waals surface area contributed by atoms with Crippen molar-refractivity contribution in [1.82, 2.24) is 0 Å². The van der Waals surface area contributed by atoms with E-state index in [-0.39, 0.29) is 11.9 Å². The lowest BCUT2D eigenvalue weighted by molar-refractivity contribution is 0.104. The predicted octanol–water partition coefficient (Wildman–Crippen LogP) is 4.52. The Morgan fingerprint density at radius 3 is 2.64 bits per heavy atom. The molecule has 0 unspecified atom stereocenters. The second-order valence-corrected chi connectivity index (χ2v) is 7.59. The summed E-state index contributed by atoms with van der Waals surface area (Å²) in [6.45, 7) is 2.11. The minimum absolute atomic E-state index is 0.0431. The van der Waals surface area contributed by atoms with Crippen molar-refractivity contribution >= 4 is 29.1 Å². The normalized spacial score (nSPS) is 17.2. The van der Waals surface area contributed by atoms with E-state index in [1.807, 2.05) is 42.5 Å². The standard InChI is InChI=1S/C23H22ClNO3/c24-19-4-8-23-18(14-19)13-16(15-28-23)1-7-22(27)17-2-5-20(6-3-17)25-11-9-21(26)10-12-25/h1-8,13-14,21,26H,9-12,15H2. The number of carbonyl (C=O) groups is 1. The van der Waals surface area contributed by atoms with Crippen LogP contribution in [0, 0.1) is 0 Å². The SMILES string of the molecule is O=C(C=CC1=Cc2cc(Cl)ccc2OC1)c1ccc(N2CCC(O)CC2)cc1. The van der Waals surface area contributed by atoms with Crippen molar-refractivity contribution in [3.05, 3.63) is 76.3 Å². The van der Waals surface area contributed by atoms with Crippen molar-refractivity contribution in [1.29, 1.82) is 0 Å². The van der Waals surface area contributed by atoms with E-state index >= 15 is 0 Å². The van der Waals surface area contributed by atoms with Crippen LogP contribution < -0.4 is 9.64 Å². The third kappa shape index (κ3) is 4.29. The monoisotopic (exact) mass is 395 g/mol. The number of aliphatic hydroxyl groups excluding tert-OH is 1. The number of nitrogens with zero attached hydrogens (tertiary/aromatic N) is 1. The molecule has 0 aliphatic carbocycles. The van der Waals surface area contributed by atoms with Crippen molar-refractivity contribution < 1.29 is 14.6 Å². The summed E-state index contributed by atoms with van der Waals surface area (Å²) in [7, 11) is 0. The van der Waals surface area contributed by atoms with Gasteiger partial charge in [0.05, 0.1) is 6.10 Å². The van der Waals surface area contributed by atoms with Gasteiger partial charge in [0.1, 0.15) is 12.4 Å². The third-order valence-electron chi connectivity index (χ3n) is 5.14. The molecule has 0 spiro atoms. The second kappa shape index (κ2) is 8.21. The summed E-state index contributed by atoms with van der Waals surface area (Å²) in [6, 6.07) is 13.2. The van der Waals surface area contributed by atoms with Crippen LogP contribution in [0.3, 0.4) is 0 Å². The van der Waals surface area contributed by atoms with E-state index in [0.717, 1.165) is 48.5 Å². The maximum absolute atomic E-state index is 12.5. The van der Waals surface area contributed by atoms with Crippen LogP contribution in [0.4, 0.5) is 5.69 Å². The van der Waals surface area contributed by atoms with Crippen molar-refractivity contribution in [3.63, 3.8) is 0 Å². The van der Waals surface area contributed by atoms with Gasteiger partial charge in [0, 0.05) is 34.9 Å². The van der Waals surface area contributed by atoms with Crippen LogP contribution in [0.5, 0.6) is 5.75 Å². The smallest absolute Gasteiger partial charge is 0.185 e. The lowest BCUT2D eigenvalue weighted by Gasteiger charge is -2.31. The van der Waals surface area contributed by atoms with Gasteiger partial charge >= 0.3 is 0 Å². The van der Waals surface area contributed by atoms with Gasteiger partial charge in [-0.25, -0.2) is 0 Å². The molecule has 28 heavy (non-hydrogen) atoms. The molecule has 2 aromatic carbocycles. The molecule has 1 fully saturated rings. The Kier molecular flexibility index (Phi) is 5.51. The average molecular weight is 396 g/mol. The highest BCUT2D eigenvalue weighted by atomic mass is 35.5. The molecule has 1 N–H and O–H groups in total. The summed E-state index contributed by atoms with van der Waals surface area (Å²) < 4.78 is 5.71. The summed E-state index contributed by atoms with van der Waals surface area (Å²) in [5.74, 6) is 0.757. The number of fused-ring (bicyclic) bond motifs is 1. The van der Waals surface area contributed by atoms with Crippen LogP contribution in [-0.4, -0.2) is 36.7 Å². The Hall–Kier alpha value is -2.56. The number of aliphatic hydroxyl groups is 1. The van der Waals surface area contributed by atoms with Gasteiger partial charge in [-0.15, -0.1) is 0 Å². The van der Waals surface area contributed by atoms with Crippen molar-refractivity contribution in [2.75, 3.05) is 24.6 Å². The van der Waals surface area contributed by atoms with Crippen LogP contribution in [0.1, 0.15) is 28.8 Å². The molecule has 2 aliphatic heterocycles. The Balaban J connectivity index is 1.42. The highest BCUT2D eigenvalue weighted by Gasteiger charge is 2.17. The largest absolute Gasteiger partial charge is 0.488 e. The molecular weight excluding hydrogens is 374 g/mol. The van der Waals surface area contributed by atoms with Gasteiger partial charge < -0.3 is 14.7 Å². The molecule has 0 atom stereocenters. The number of ether oxygens (including phenoxy) is 1. The van der Waals surface area contributed by atoms with E-state index in [9.17, 15) is 9.90 Å². The van der Waals surface area contributed by atoms with Gasteiger partial charge in [-0.3, -0.25) is 4.79 Å².